The molecule has 42 heavy (non-hydrogen) atoms. The third-order valence-corrected chi connectivity index (χ3v) is 8.65. The highest BCUT2D eigenvalue weighted by Crippen LogP contribution is 2.50. The molecule has 4 nitrogen and oxygen atoms in total. The summed E-state index contributed by atoms with van der Waals surface area (Å²) in [6.07, 6.45) is 8.84. The van der Waals surface area contributed by atoms with Crippen molar-refractivity contribution in [1.29, 1.82) is 0 Å². The van der Waals surface area contributed by atoms with Gasteiger partial charge >= 0.3 is 0 Å². The molecular weight excluding hydrogens is 514 g/mol. The molecule has 2 unspecified atom stereocenters. The van der Waals surface area contributed by atoms with Crippen LogP contribution in [-0.2, 0) is 0 Å². The van der Waals surface area contributed by atoms with E-state index in [1.165, 1.54) is 38.7 Å². The van der Waals surface area contributed by atoms with Gasteiger partial charge in [0.25, 0.3) is 0 Å². The molecule has 0 fully saturated rings. The summed E-state index contributed by atoms with van der Waals surface area (Å²) in [5.41, 5.74) is 9.03. The minimum atomic E-state index is 0.138. The molecule has 6 aromatic rings. The molecule has 2 atom stereocenters. The molecule has 3 aliphatic rings. The van der Waals surface area contributed by atoms with E-state index in [-0.39, 0.29) is 12.0 Å². The molecule has 0 N–H and O–H groups in total. The quantitative estimate of drug-likeness (QED) is 0.224. The van der Waals surface area contributed by atoms with Crippen molar-refractivity contribution in [3.05, 3.63) is 151 Å². The number of benzene rings is 4. The Hall–Kier alpha value is -5.48. The lowest BCUT2D eigenvalue weighted by Crippen LogP contribution is -2.29. The van der Waals surface area contributed by atoms with Gasteiger partial charge in [-0.25, -0.2) is 4.98 Å². The van der Waals surface area contributed by atoms with E-state index in [1.54, 1.807) is 0 Å². The first-order valence-electron chi connectivity index (χ1n) is 14.3. The number of fused-ring (bicyclic) bond motifs is 5. The highest BCUT2D eigenvalue weighted by molar-refractivity contribution is 6.04. The Morgan fingerprint density at radius 3 is 2.48 bits per heavy atom. The monoisotopic (exact) mass is 539 g/mol. The van der Waals surface area contributed by atoms with Crippen LogP contribution in [0.1, 0.15) is 17.0 Å². The van der Waals surface area contributed by atoms with Crippen molar-refractivity contribution in [2.24, 2.45) is 0 Å². The molecule has 2 aromatic heterocycles. The molecular formula is C38H25N3O. The summed E-state index contributed by atoms with van der Waals surface area (Å²) in [6, 6.07) is 40.3. The molecule has 0 amide bonds. The number of nitrogens with zero attached hydrogens (tertiary/aromatic N) is 3. The van der Waals surface area contributed by atoms with Gasteiger partial charge in [-0.15, -0.1) is 0 Å². The Kier molecular flexibility index (Phi) is 4.99. The van der Waals surface area contributed by atoms with Crippen LogP contribution in [0.5, 0.6) is 11.5 Å². The van der Waals surface area contributed by atoms with Crippen LogP contribution in [0.3, 0.4) is 0 Å². The summed E-state index contributed by atoms with van der Waals surface area (Å²) in [7, 11) is 0. The van der Waals surface area contributed by atoms with Crippen LogP contribution in [0.2, 0.25) is 0 Å². The third-order valence-electron chi connectivity index (χ3n) is 8.65. The van der Waals surface area contributed by atoms with E-state index in [2.05, 4.69) is 119 Å². The standard InChI is InChI=1S/C38H25N3O/c1-2-14-33-27(10-1)29-22-25(17-19-34(29)41(33)37-16-7-13-32(40-37)31-12-3-4-21-39-31)26-18-20-35-30(23-26)28-11-5-8-24-9-6-15-36(42-35)38(24)28/h1-23,29,34H. The Morgan fingerprint density at radius 1 is 0.690 bits per heavy atom. The molecule has 0 bridgehead atoms. The topological polar surface area (TPSA) is 38.2 Å². The van der Waals surface area contributed by atoms with E-state index in [4.69, 9.17) is 9.72 Å². The van der Waals surface area contributed by atoms with Gasteiger partial charge in [0.2, 0.25) is 0 Å². The predicted octanol–water partition coefficient (Wildman–Crippen LogP) is 9.33. The second-order valence-electron chi connectivity index (χ2n) is 11.0. The van der Waals surface area contributed by atoms with Gasteiger partial charge in [-0.2, -0.15) is 0 Å². The SMILES string of the molecule is C1=CC2C(C=C1c1ccc3c(c1)-c1cccc4cccc(c14)O3)c1ccccc1N2c1cccc(-c2ccccn2)n1. The third kappa shape index (κ3) is 3.48. The molecule has 0 saturated carbocycles. The van der Waals surface area contributed by atoms with Crippen molar-refractivity contribution in [3.63, 3.8) is 0 Å². The number of aromatic nitrogens is 2. The Balaban J connectivity index is 1.12. The second kappa shape index (κ2) is 9.02. The maximum atomic E-state index is 6.36. The summed E-state index contributed by atoms with van der Waals surface area (Å²) in [5, 5.41) is 2.38. The van der Waals surface area contributed by atoms with Gasteiger partial charge in [0.05, 0.1) is 17.4 Å². The summed E-state index contributed by atoms with van der Waals surface area (Å²) in [4.78, 5) is 12.0. The minimum absolute atomic E-state index is 0.138. The number of rotatable bonds is 3. The maximum absolute atomic E-state index is 6.36. The number of anilines is 2. The number of hydrogen-bond acceptors (Lipinski definition) is 4. The van der Waals surface area contributed by atoms with Gasteiger partial charge in [0.15, 0.2) is 0 Å². The van der Waals surface area contributed by atoms with Gasteiger partial charge in [-0.1, -0.05) is 85.0 Å². The number of ether oxygens (including phenoxy) is 1. The van der Waals surface area contributed by atoms with Gasteiger partial charge in [-0.05, 0) is 76.2 Å². The molecule has 4 heterocycles. The van der Waals surface area contributed by atoms with Crippen LogP contribution in [0.25, 0.3) is 38.9 Å². The number of allylic oxidation sites excluding steroid dienone is 2. The van der Waals surface area contributed by atoms with Crippen molar-refractivity contribution < 1.29 is 4.74 Å². The fraction of sp³-hybridized carbons (Fsp3) is 0.0526. The minimum Gasteiger partial charge on any atom is -0.456 e. The van der Waals surface area contributed by atoms with Crippen LogP contribution in [0.15, 0.2) is 140 Å². The molecule has 9 rings (SSSR count). The Bertz CT molecular complexity index is 2090. The summed E-state index contributed by atoms with van der Waals surface area (Å²) >= 11 is 0. The van der Waals surface area contributed by atoms with Gasteiger partial charge in [-0.3, -0.25) is 4.98 Å². The molecule has 4 aromatic carbocycles. The highest BCUT2D eigenvalue weighted by Gasteiger charge is 2.39. The zero-order chi connectivity index (χ0) is 27.6. The van der Waals surface area contributed by atoms with E-state index in [0.717, 1.165) is 34.3 Å². The Morgan fingerprint density at radius 2 is 1.55 bits per heavy atom. The first-order chi connectivity index (χ1) is 20.8. The first kappa shape index (κ1) is 23.2. The molecule has 0 saturated heterocycles. The van der Waals surface area contributed by atoms with Crippen molar-refractivity contribution >= 4 is 27.9 Å². The van der Waals surface area contributed by atoms with E-state index in [9.17, 15) is 0 Å². The van der Waals surface area contributed by atoms with Crippen LogP contribution in [-0.4, -0.2) is 16.0 Å². The van der Waals surface area contributed by atoms with E-state index < -0.39 is 0 Å². The van der Waals surface area contributed by atoms with Crippen LogP contribution >= 0.6 is 0 Å². The zero-order valence-corrected chi connectivity index (χ0v) is 22.7. The van der Waals surface area contributed by atoms with Crippen LogP contribution in [0.4, 0.5) is 11.5 Å². The second-order valence-corrected chi connectivity index (χ2v) is 11.0. The average Bonchev–Trinajstić information content (AvgIpc) is 3.39. The largest absolute Gasteiger partial charge is 0.456 e. The molecule has 2 aliphatic heterocycles. The van der Waals surface area contributed by atoms with E-state index in [1.807, 2.05) is 30.5 Å². The first-order valence-corrected chi connectivity index (χ1v) is 14.3. The maximum Gasteiger partial charge on any atom is 0.135 e. The zero-order valence-electron chi connectivity index (χ0n) is 22.7. The normalized spacial score (nSPS) is 17.7. The fourth-order valence-corrected chi connectivity index (χ4v) is 6.77. The number of pyridine rings is 2. The lowest BCUT2D eigenvalue weighted by atomic mass is 9.85. The lowest BCUT2D eigenvalue weighted by molar-refractivity contribution is 0.487. The lowest BCUT2D eigenvalue weighted by Gasteiger charge is -2.29. The van der Waals surface area contributed by atoms with Crippen molar-refractivity contribution in [3.8, 4) is 34.0 Å². The predicted molar refractivity (Wildman–Crippen MR) is 169 cm³/mol. The number of hydrogen-bond donors (Lipinski definition) is 0. The highest BCUT2D eigenvalue weighted by atomic mass is 16.5. The van der Waals surface area contributed by atoms with Crippen LogP contribution in [0, 0.1) is 0 Å². The van der Waals surface area contributed by atoms with E-state index >= 15 is 0 Å². The van der Waals surface area contributed by atoms with Crippen molar-refractivity contribution in [2.45, 2.75) is 12.0 Å². The molecule has 198 valence electrons. The average molecular weight is 540 g/mol. The van der Waals surface area contributed by atoms with E-state index in [0.29, 0.717) is 0 Å². The van der Waals surface area contributed by atoms with Gasteiger partial charge in [0, 0.05) is 28.8 Å². The Labute approximate surface area is 243 Å². The van der Waals surface area contributed by atoms with Gasteiger partial charge in [0.1, 0.15) is 17.3 Å². The molecule has 1 aliphatic carbocycles. The summed E-state index contributed by atoms with van der Waals surface area (Å²) in [5.74, 6) is 2.96. The van der Waals surface area contributed by atoms with Gasteiger partial charge < -0.3 is 9.64 Å². The van der Waals surface area contributed by atoms with Crippen molar-refractivity contribution in [1.82, 2.24) is 9.97 Å². The molecule has 4 heteroatoms. The molecule has 0 spiro atoms. The smallest absolute Gasteiger partial charge is 0.135 e. The summed E-state index contributed by atoms with van der Waals surface area (Å²) < 4.78 is 6.36. The van der Waals surface area contributed by atoms with Crippen LogP contribution < -0.4 is 9.64 Å². The number of para-hydroxylation sites is 1. The summed E-state index contributed by atoms with van der Waals surface area (Å²) in [6.45, 7) is 0. The molecule has 0 radical (unpaired) electrons. The fourth-order valence-electron chi connectivity index (χ4n) is 6.77. The van der Waals surface area contributed by atoms with Crippen molar-refractivity contribution in [2.75, 3.05) is 4.90 Å².